The van der Waals surface area contributed by atoms with Gasteiger partial charge in [0.25, 0.3) is 0 Å². The third kappa shape index (κ3) is 3.54. The first-order valence-electron chi connectivity index (χ1n) is 4.02. The zero-order valence-electron chi connectivity index (χ0n) is 6.57. The van der Waals surface area contributed by atoms with Crippen LogP contribution >= 0.6 is 11.8 Å². The molecule has 0 saturated carbocycles. The largest absolute Gasteiger partial charge is 0.162 e. The highest BCUT2D eigenvalue weighted by atomic mass is 32.2. The summed E-state index contributed by atoms with van der Waals surface area (Å²) in [7, 11) is 0. The second-order valence-electron chi connectivity index (χ2n) is 2.83. The van der Waals surface area contributed by atoms with Gasteiger partial charge in [0.05, 0.1) is 0 Å². The fourth-order valence-electron chi connectivity index (χ4n) is 1.32. The Balaban J connectivity index is 2.09. The first-order chi connectivity index (χ1) is 5.43. The van der Waals surface area contributed by atoms with Gasteiger partial charge in [-0.05, 0) is 42.2 Å². The van der Waals surface area contributed by atoms with E-state index in [1.807, 2.05) is 11.8 Å². The third-order valence-corrected chi connectivity index (χ3v) is 3.24. The molecule has 0 aromatic heterocycles. The Labute approximate surface area is 71.2 Å². The topological polar surface area (TPSA) is 48.8 Å². The van der Waals surface area contributed by atoms with E-state index < -0.39 is 0 Å². The van der Waals surface area contributed by atoms with Gasteiger partial charge in [0.15, 0.2) is 0 Å². The van der Waals surface area contributed by atoms with Crippen LogP contribution in [-0.2, 0) is 0 Å². The van der Waals surface area contributed by atoms with Crippen molar-refractivity contribution >= 4 is 11.8 Å². The first kappa shape index (κ1) is 8.75. The van der Waals surface area contributed by atoms with E-state index in [0.29, 0.717) is 6.54 Å². The van der Waals surface area contributed by atoms with Gasteiger partial charge < -0.3 is 0 Å². The number of nitrogens with zero attached hydrogens (tertiary/aromatic N) is 3. The summed E-state index contributed by atoms with van der Waals surface area (Å²) in [6.07, 6.45) is 3.75. The fourth-order valence-corrected chi connectivity index (χ4v) is 2.52. The van der Waals surface area contributed by atoms with Crippen LogP contribution in [0, 0.1) is 5.92 Å². The molecule has 1 rings (SSSR count). The van der Waals surface area contributed by atoms with Crippen molar-refractivity contribution < 1.29 is 0 Å². The summed E-state index contributed by atoms with van der Waals surface area (Å²) in [5.74, 6) is 3.39. The van der Waals surface area contributed by atoms with Gasteiger partial charge >= 0.3 is 0 Å². The Kier molecular flexibility index (Phi) is 4.24. The van der Waals surface area contributed by atoms with Crippen molar-refractivity contribution in [3.63, 3.8) is 0 Å². The van der Waals surface area contributed by atoms with E-state index in [9.17, 15) is 0 Å². The average Bonchev–Trinajstić information content (AvgIpc) is 2.07. The van der Waals surface area contributed by atoms with Crippen molar-refractivity contribution in [2.45, 2.75) is 19.3 Å². The van der Waals surface area contributed by atoms with Crippen molar-refractivity contribution in [1.82, 2.24) is 0 Å². The Bertz CT molecular complexity index is 148. The molecule has 0 amide bonds. The van der Waals surface area contributed by atoms with Crippen LogP contribution in [0.5, 0.6) is 0 Å². The SMILES string of the molecule is [N-]=[N+]=NCCC1CCCSC1. The standard InChI is InChI=1S/C7H13N3S/c8-10-9-4-3-7-2-1-5-11-6-7/h7H,1-6H2. The van der Waals surface area contributed by atoms with E-state index in [-0.39, 0.29) is 0 Å². The Morgan fingerprint density at radius 2 is 2.55 bits per heavy atom. The predicted molar refractivity (Wildman–Crippen MR) is 48.7 cm³/mol. The third-order valence-electron chi connectivity index (χ3n) is 1.96. The lowest BCUT2D eigenvalue weighted by atomic mass is 10.0. The van der Waals surface area contributed by atoms with E-state index >= 15 is 0 Å². The van der Waals surface area contributed by atoms with Crippen molar-refractivity contribution in [3.05, 3.63) is 10.4 Å². The molecule has 0 aliphatic carbocycles. The Morgan fingerprint density at radius 1 is 1.64 bits per heavy atom. The summed E-state index contributed by atoms with van der Waals surface area (Å²) in [5, 5.41) is 3.54. The summed E-state index contributed by atoms with van der Waals surface area (Å²) in [5.41, 5.74) is 8.05. The van der Waals surface area contributed by atoms with Crippen molar-refractivity contribution in [2.24, 2.45) is 11.0 Å². The molecule has 0 aromatic rings. The zero-order chi connectivity index (χ0) is 7.94. The summed E-state index contributed by atoms with van der Waals surface area (Å²) >= 11 is 2.03. The van der Waals surface area contributed by atoms with Gasteiger partial charge in [-0.1, -0.05) is 5.11 Å². The van der Waals surface area contributed by atoms with Crippen molar-refractivity contribution in [3.8, 4) is 0 Å². The van der Waals surface area contributed by atoms with Crippen molar-refractivity contribution in [1.29, 1.82) is 0 Å². The normalized spacial score (nSPS) is 24.2. The van der Waals surface area contributed by atoms with Crippen LogP contribution in [0.4, 0.5) is 0 Å². The lowest BCUT2D eigenvalue weighted by Crippen LogP contribution is -2.11. The van der Waals surface area contributed by atoms with Crippen LogP contribution in [-0.4, -0.2) is 18.1 Å². The molecule has 0 bridgehead atoms. The second kappa shape index (κ2) is 5.33. The van der Waals surface area contributed by atoms with Crippen LogP contribution in [0.15, 0.2) is 5.11 Å². The summed E-state index contributed by atoms with van der Waals surface area (Å²) < 4.78 is 0. The van der Waals surface area contributed by atoms with Gasteiger partial charge in [-0.2, -0.15) is 11.8 Å². The van der Waals surface area contributed by atoms with Gasteiger partial charge in [-0.15, -0.1) is 0 Å². The average molecular weight is 171 g/mol. The molecule has 62 valence electrons. The molecule has 3 nitrogen and oxygen atoms in total. The molecule has 0 aromatic carbocycles. The van der Waals surface area contributed by atoms with Crippen LogP contribution < -0.4 is 0 Å². The molecule has 4 heteroatoms. The molecule has 0 N–H and O–H groups in total. The van der Waals surface area contributed by atoms with E-state index in [1.165, 1.54) is 24.3 Å². The van der Waals surface area contributed by atoms with Crippen LogP contribution in [0.3, 0.4) is 0 Å². The Hall–Kier alpha value is -0.340. The van der Waals surface area contributed by atoms with Crippen LogP contribution in [0.1, 0.15) is 19.3 Å². The highest BCUT2D eigenvalue weighted by molar-refractivity contribution is 7.99. The van der Waals surface area contributed by atoms with E-state index in [4.69, 9.17) is 5.53 Å². The molecule has 1 saturated heterocycles. The van der Waals surface area contributed by atoms with Gasteiger partial charge in [0.2, 0.25) is 0 Å². The molecule has 1 heterocycles. The van der Waals surface area contributed by atoms with Crippen molar-refractivity contribution in [2.75, 3.05) is 18.1 Å². The maximum Gasteiger partial charge on any atom is 0.0260 e. The molecule has 1 atom stereocenters. The maximum absolute atomic E-state index is 8.05. The van der Waals surface area contributed by atoms with Gasteiger partial charge in [-0.3, -0.25) is 0 Å². The molecular weight excluding hydrogens is 158 g/mol. The molecule has 1 unspecified atom stereocenters. The molecule has 11 heavy (non-hydrogen) atoms. The predicted octanol–water partition coefficient (Wildman–Crippen LogP) is 2.83. The zero-order valence-corrected chi connectivity index (χ0v) is 7.39. The quantitative estimate of drug-likeness (QED) is 0.366. The minimum absolute atomic E-state index is 0.682. The molecule has 1 fully saturated rings. The number of thioether (sulfide) groups is 1. The van der Waals surface area contributed by atoms with Gasteiger partial charge in [0.1, 0.15) is 0 Å². The minimum atomic E-state index is 0.682. The highest BCUT2D eigenvalue weighted by Crippen LogP contribution is 2.24. The molecule has 1 aliphatic rings. The van der Waals surface area contributed by atoms with Gasteiger partial charge in [0, 0.05) is 11.5 Å². The summed E-state index contributed by atoms with van der Waals surface area (Å²) in [6, 6.07) is 0. The Morgan fingerprint density at radius 3 is 3.18 bits per heavy atom. The number of hydrogen-bond donors (Lipinski definition) is 0. The maximum atomic E-state index is 8.05. The number of hydrogen-bond acceptors (Lipinski definition) is 2. The summed E-state index contributed by atoms with van der Waals surface area (Å²) in [6.45, 7) is 0.682. The molecule has 0 radical (unpaired) electrons. The monoisotopic (exact) mass is 171 g/mol. The molecule has 1 aliphatic heterocycles. The summed E-state index contributed by atoms with van der Waals surface area (Å²) in [4.78, 5) is 2.74. The van der Waals surface area contributed by atoms with E-state index in [1.54, 1.807) is 0 Å². The second-order valence-corrected chi connectivity index (χ2v) is 3.98. The number of azide groups is 1. The number of rotatable bonds is 3. The van der Waals surface area contributed by atoms with Crippen LogP contribution in [0.2, 0.25) is 0 Å². The minimum Gasteiger partial charge on any atom is -0.162 e. The lowest BCUT2D eigenvalue weighted by molar-refractivity contribution is 0.492. The lowest BCUT2D eigenvalue weighted by Gasteiger charge is -2.19. The first-order valence-corrected chi connectivity index (χ1v) is 5.17. The molecule has 0 spiro atoms. The highest BCUT2D eigenvalue weighted by Gasteiger charge is 2.12. The smallest absolute Gasteiger partial charge is 0.0260 e. The fraction of sp³-hybridized carbons (Fsp3) is 1.00. The van der Waals surface area contributed by atoms with Gasteiger partial charge in [-0.25, -0.2) is 0 Å². The molecular formula is C7H13N3S. The van der Waals surface area contributed by atoms with Crippen LogP contribution in [0.25, 0.3) is 10.4 Å². The van der Waals surface area contributed by atoms with E-state index in [2.05, 4.69) is 10.0 Å². The van der Waals surface area contributed by atoms with E-state index in [0.717, 1.165) is 12.3 Å².